The monoisotopic (exact) mass is 446 g/mol. The van der Waals surface area contributed by atoms with Crippen molar-refractivity contribution in [3.05, 3.63) is 148 Å². The van der Waals surface area contributed by atoms with Crippen molar-refractivity contribution in [3.63, 3.8) is 0 Å². The van der Waals surface area contributed by atoms with Crippen LogP contribution in [0.25, 0.3) is 5.70 Å². The quantitative estimate of drug-likeness (QED) is 0.185. The molecule has 34 heavy (non-hydrogen) atoms. The molecule has 0 saturated carbocycles. The van der Waals surface area contributed by atoms with Crippen LogP contribution in [0.15, 0.2) is 121 Å². The molecule has 0 spiro atoms. The lowest BCUT2D eigenvalue weighted by Crippen LogP contribution is -2.22. The number of non-ortho nitro benzene ring substituents is 1. The van der Waals surface area contributed by atoms with Gasteiger partial charge in [0, 0.05) is 35.4 Å². The number of ketones is 1. The Kier molecular flexibility index (Phi) is 5.75. The van der Waals surface area contributed by atoms with Gasteiger partial charge in [0.25, 0.3) is 5.69 Å². The molecule has 0 N–H and O–H groups in total. The minimum atomic E-state index is -0.402. The van der Waals surface area contributed by atoms with E-state index in [-0.39, 0.29) is 17.5 Å². The largest absolute Gasteiger partial charge is 0.333 e. The van der Waals surface area contributed by atoms with Crippen LogP contribution in [-0.2, 0) is 0 Å². The highest BCUT2D eigenvalue weighted by Crippen LogP contribution is 2.47. The van der Waals surface area contributed by atoms with Crippen LogP contribution in [0.5, 0.6) is 0 Å². The maximum Gasteiger partial charge on any atom is 0.269 e. The summed E-state index contributed by atoms with van der Waals surface area (Å²) >= 11 is 0. The predicted molar refractivity (Wildman–Crippen MR) is 134 cm³/mol. The molecule has 0 bridgehead atoms. The van der Waals surface area contributed by atoms with Crippen LogP contribution >= 0.6 is 0 Å². The molecule has 4 aromatic carbocycles. The molecular formula is C29H22N2O3. The van der Waals surface area contributed by atoms with Crippen molar-refractivity contribution < 1.29 is 9.72 Å². The van der Waals surface area contributed by atoms with Crippen molar-refractivity contribution in [2.75, 3.05) is 4.90 Å². The van der Waals surface area contributed by atoms with E-state index in [4.69, 9.17) is 0 Å². The predicted octanol–water partition coefficient (Wildman–Crippen LogP) is 6.84. The molecule has 0 saturated heterocycles. The summed E-state index contributed by atoms with van der Waals surface area (Å²) in [6.45, 7) is 0. The molecule has 0 unspecified atom stereocenters. The molecular weight excluding hydrogens is 424 g/mol. The molecule has 0 radical (unpaired) electrons. The van der Waals surface area contributed by atoms with E-state index in [1.165, 1.54) is 12.1 Å². The van der Waals surface area contributed by atoms with Gasteiger partial charge in [-0.25, -0.2) is 0 Å². The topological polar surface area (TPSA) is 63.5 Å². The first-order chi connectivity index (χ1) is 16.6. The van der Waals surface area contributed by atoms with Crippen molar-refractivity contribution in [1.29, 1.82) is 0 Å². The molecule has 1 atom stereocenters. The molecule has 1 aliphatic heterocycles. The van der Waals surface area contributed by atoms with Crippen molar-refractivity contribution in [2.24, 2.45) is 0 Å². The third-order valence-electron chi connectivity index (χ3n) is 6.12. The number of nitro groups is 1. The fraction of sp³-hybridized carbons (Fsp3) is 0.0690. The molecule has 5 nitrogen and oxygen atoms in total. The van der Waals surface area contributed by atoms with Gasteiger partial charge in [0.05, 0.1) is 16.7 Å². The van der Waals surface area contributed by atoms with Gasteiger partial charge in [-0.3, -0.25) is 14.9 Å². The third-order valence-corrected chi connectivity index (χ3v) is 6.12. The first kappa shape index (κ1) is 21.3. The number of anilines is 1. The highest BCUT2D eigenvalue weighted by Gasteiger charge is 2.37. The van der Waals surface area contributed by atoms with E-state index in [0.29, 0.717) is 12.0 Å². The number of Topliss-reactive ketones (excluding diaryl/α,β-unsaturated/α-hetero) is 1. The second-order valence-electron chi connectivity index (χ2n) is 8.16. The number of nitrogens with zero attached hydrogens (tertiary/aromatic N) is 2. The number of carbonyl (C=O) groups excluding carboxylic acids is 1. The highest BCUT2D eigenvalue weighted by atomic mass is 16.6. The lowest BCUT2D eigenvalue weighted by Gasteiger charge is -2.30. The summed E-state index contributed by atoms with van der Waals surface area (Å²) in [5.41, 5.74) is 5.04. The average molecular weight is 447 g/mol. The van der Waals surface area contributed by atoms with Crippen LogP contribution in [0, 0.1) is 10.1 Å². The standard InChI is InChI=1S/C29H22N2O3/c32-29(23-14-8-3-9-15-23)26-20-27(21-10-4-1-5-11-21)30(28(26)22-12-6-2-7-13-22)24-16-18-25(19-17-24)31(33)34/h1-19,27H,20H2/t27-/m1/s1. The Morgan fingerprint density at radius 1 is 0.765 bits per heavy atom. The van der Waals surface area contributed by atoms with Crippen molar-refractivity contribution >= 4 is 22.9 Å². The summed E-state index contributed by atoms with van der Waals surface area (Å²) < 4.78 is 0. The molecule has 1 aliphatic rings. The average Bonchev–Trinajstić information content (AvgIpc) is 3.30. The van der Waals surface area contributed by atoms with E-state index in [1.54, 1.807) is 12.1 Å². The van der Waals surface area contributed by atoms with Crippen molar-refractivity contribution in [3.8, 4) is 0 Å². The SMILES string of the molecule is O=C(C1=C(c2ccccc2)N(c2ccc([N+](=O)[O-])cc2)[C@@H](c2ccccc2)C1)c1ccccc1. The third kappa shape index (κ3) is 3.99. The zero-order valence-corrected chi connectivity index (χ0v) is 18.4. The number of rotatable bonds is 6. The molecule has 5 rings (SSSR count). The first-order valence-corrected chi connectivity index (χ1v) is 11.1. The zero-order valence-electron chi connectivity index (χ0n) is 18.4. The van der Waals surface area contributed by atoms with Gasteiger partial charge in [-0.1, -0.05) is 91.0 Å². The number of nitro benzene ring substituents is 1. The maximum atomic E-state index is 13.8. The van der Waals surface area contributed by atoms with E-state index >= 15 is 0 Å². The zero-order chi connectivity index (χ0) is 23.5. The smallest absolute Gasteiger partial charge is 0.269 e. The van der Waals surface area contributed by atoms with Gasteiger partial charge in [0.2, 0.25) is 0 Å². The van der Waals surface area contributed by atoms with Gasteiger partial charge in [0.1, 0.15) is 0 Å². The second-order valence-corrected chi connectivity index (χ2v) is 8.16. The summed E-state index contributed by atoms with van der Waals surface area (Å²) in [4.78, 5) is 26.7. The van der Waals surface area contributed by atoms with E-state index in [1.807, 2.05) is 78.9 Å². The van der Waals surface area contributed by atoms with Gasteiger partial charge in [-0.05, 0) is 23.3 Å². The fourth-order valence-electron chi connectivity index (χ4n) is 4.54. The van der Waals surface area contributed by atoms with Gasteiger partial charge in [-0.2, -0.15) is 0 Å². The Balaban J connectivity index is 1.71. The van der Waals surface area contributed by atoms with E-state index in [9.17, 15) is 14.9 Å². The molecule has 4 aromatic rings. The molecule has 166 valence electrons. The summed E-state index contributed by atoms with van der Waals surface area (Å²) in [6.07, 6.45) is 0.527. The second kappa shape index (κ2) is 9.16. The molecule has 5 heteroatoms. The number of carbonyl (C=O) groups is 1. The minimum absolute atomic E-state index is 0.00945. The van der Waals surface area contributed by atoms with Crippen LogP contribution < -0.4 is 4.90 Å². The Morgan fingerprint density at radius 2 is 1.32 bits per heavy atom. The lowest BCUT2D eigenvalue weighted by atomic mass is 9.95. The van der Waals surface area contributed by atoms with Crippen LogP contribution in [0.4, 0.5) is 11.4 Å². The van der Waals surface area contributed by atoms with Crippen LogP contribution in [-0.4, -0.2) is 10.7 Å². The number of benzene rings is 4. The summed E-state index contributed by atoms with van der Waals surface area (Å²) in [7, 11) is 0. The van der Waals surface area contributed by atoms with Gasteiger partial charge >= 0.3 is 0 Å². The Morgan fingerprint density at radius 3 is 1.91 bits per heavy atom. The highest BCUT2D eigenvalue weighted by molar-refractivity contribution is 6.15. The Hall–Kier alpha value is -4.51. The summed E-state index contributed by atoms with van der Waals surface area (Å²) in [5, 5.41) is 11.2. The van der Waals surface area contributed by atoms with Crippen molar-refractivity contribution in [2.45, 2.75) is 12.5 Å². The van der Waals surface area contributed by atoms with Gasteiger partial charge in [-0.15, -0.1) is 0 Å². The normalized spacial score (nSPS) is 15.4. The van der Waals surface area contributed by atoms with E-state index in [0.717, 1.165) is 28.1 Å². The summed E-state index contributed by atoms with van der Waals surface area (Å²) in [5.74, 6) is -0.00945. The fourth-order valence-corrected chi connectivity index (χ4v) is 4.54. The van der Waals surface area contributed by atoms with Gasteiger partial charge < -0.3 is 4.90 Å². The molecule has 0 amide bonds. The van der Waals surface area contributed by atoms with Crippen LogP contribution in [0.3, 0.4) is 0 Å². The van der Waals surface area contributed by atoms with E-state index in [2.05, 4.69) is 17.0 Å². The Bertz CT molecular complexity index is 1350. The summed E-state index contributed by atoms with van der Waals surface area (Å²) in [6, 6.07) is 35.6. The number of hydrogen-bond donors (Lipinski definition) is 0. The Labute approximate surface area is 197 Å². The molecule has 0 aliphatic carbocycles. The maximum absolute atomic E-state index is 13.8. The van der Waals surface area contributed by atoms with Crippen LogP contribution in [0.2, 0.25) is 0 Å². The lowest BCUT2D eigenvalue weighted by molar-refractivity contribution is -0.384. The van der Waals surface area contributed by atoms with Gasteiger partial charge in [0.15, 0.2) is 5.78 Å². The first-order valence-electron chi connectivity index (χ1n) is 11.1. The molecule has 1 heterocycles. The van der Waals surface area contributed by atoms with E-state index < -0.39 is 4.92 Å². The number of hydrogen-bond acceptors (Lipinski definition) is 4. The van der Waals surface area contributed by atoms with Crippen molar-refractivity contribution in [1.82, 2.24) is 0 Å². The minimum Gasteiger partial charge on any atom is -0.333 e. The molecule has 0 aromatic heterocycles. The van der Waals surface area contributed by atoms with Crippen LogP contribution in [0.1, 0.15) is 33.9 Å². The molecule has 0 fully saturated rings.